The highest BCUT2D eigenvalue weighted by molar-refractivity contribution is 9.10. The molecule has 0 saturated carbocycles. The molecule has 0 radical (unpaired) electrons. The van der Waals surface area contributed by atoms with Gasteiger partial charge in [0.05, 0.1) is 16.5 Å². The fourth-order valence-electron chi connectivity index (χ4n) is 2.42. The molecule has 2 aromatic rings. The van der Waals surface area contributed by atoms with Crippen molar-refractivity contribution in [2.75, 3.05) is 13.7 Å². The monoisotopic (exact) mass is 463 g/mol. The molecule has 0 heterocycles. The summed E-state index contributed by atoms with van der Waals surface area (Å²) in [6.07, 6.45) is 2.12. The lowest BCUT2D eigenvalue weighted by molar-refractivity contribution is -0.400. The number of ether oxygens (including phenoxy) is 3. The van der Waals surface area contributed by atoms with E-state index in [-0.39, 0.29) is 23.5 Å². The largest absolute Gasteiger partial charge is 0.493 e. The average molecular weight is 464 g/mol. The zero-order chi connectivity index (χ0) is 21.6. The maximum absolute atomic E-state index is 12.2. The van der Waals surface area contributed by atoms with E-state index in [2.05, 4.69) is 36.7 Å². The molecule has 0 aromatic heterocycles. The van der Waals surface area contributed by atoms with Crippen LogP contribution in [0.3, 0.4) is 0 Å². The molecule has 0 spiro atoms. The molecule has 154 valence electrons. The first-order chi connectivity index (χ1) is 13.6. The van der Waals surface area contributed by atoms with Crippen LogP contribution in [0.5, 0.6) is 17.2 Å². The molecular weight excluding hydrogens is 442 g/mol. The minimum Gasteiger partial charge on any atom is -0.493 e. The van der Waals surface area contributed by atoms with Crippen LogP contribution in [-0.4, -0.2) is 24.6 Å². The summed E-state index contributed by atoms with van der Waals surface area (Å²) in [4.78, 5) is 22.1. The quantitative estimate of drug-likeness (QED) is 0.248. The van der Waals surface area contributed by atoms with Crippen LogP contribution in [0.4, 0.5) is 0 Å². The standard InChI is InChI=1S/C21H22BrNO6/c1-21(2,3)15-5-7-16(8-6-15)28-13-19(24)29-20-17(22)11-14(9-10-23(25)26)12-18(20)27-4/h5-12H,13H2,1-4H3. The molecule has 0 fully saturated rings. The van der Waals surface area contributed by atoms with Gasteiger partial charge in [-0.3, -0.25) is 10.1 Å². The Hall–Kier alpha value is -2.87. The van der Waals surface area contributed by atoms with Crippen LogP contribution in [0.1, 0.15) is 31.9 Å². The van der Waals surface area contributed by atoms with Crippen molar-refractivity contribution in [2.45, 2.75) is 26.2 Å². The van der Waals surface area contributed by atoms with Gasteiger partial charge in [0.2, 0.25) is 6.20 Å². The minimum atomic E-state index is -0.613. The van der Waals surface area contributed by atoms with Gasteiger partial charge in [-0.15, -0.1) is 0 Å². The van der Waals surface area contributed by atoms with E-state index in [4.69, 9.17) is 14.2 Å². The Morgan fingerprint density at radius 3 is 2.41 bits per heavy atom. The molecule has 0 saturated heterocycles. The Kier molecular flexibility index (Phi) is 7.39. The van der Waals surface area contributed by atoms with Crippen LogP contribution < -0.4 is 14.2 Å². The molecule has 0 unspecified atom stereocenters. The van der Waals surface area contributed by atoms with E-state index in [1.165, 1.54) is 19.3 Å². The lowest BCUT2D eigenvalue weighted by Gasteiger charge is -2.19. The third-order valence-corrected chi connectivity index (χ3v) is 4.52. The smallest absolute Gasteiger partial charge is 0.349 e. The number of carbonyl (C=O) groups excluding carboxylic acids is 1. The number of halogens is 1. The Morgan fingerprint density at radius 2 is 1.86 bits per heavy atom. The molecule has 0 atom stereocenters. The number of nitrogens with zero attached hydrogens (tertiary/aromatic N) is 1. The van der Waals surface area contributed by atoms with Crippen LogP contribution >= 0.6 is 15.9 Å². The van der Waals surface area contributed by atoms with E-state index in [0.29, 0.717) is 15.8 Å². The molecule has 0 aliphatic rings. The second-order valence-electron chi connectivity index (χ2n) is 7.17. The lowest BCUT2D eigenvalue weighted by atomic mass is 9.87. The van der Waals surface area contributed by atoms with Gasteiger partial charge in [-0.05, 0) is 56.7 Å². The maximum Gasteiger partial charge on any atom is 0.349 e. The van der Waals surface area contributed by atoms with Crippen LogP contribution in [0.15, 0.2) is 47.1 Å². The third kappa shape index (κ3) is 6.60. The predicted molar refractivity (Wildman–Crippen MR) is 113 cm³/mol. The van der Waals surface area contributed by atoms with Crippen LogP contribution in [0.25, 0.3) is 6.08 Å². The summed E-state index contributed by atoms with van der Waals surface area (Å²) in [5, 5.41) is 10.5. The Bertz CT molecular complexity index is 916. The number of esters is 1. The first-order valence-electron chi connectivity index (χ1n) is 8.73. The van der Waals surface area contributed by atoms with Crippen molar-refractivity contribution in [1.82, 2.24) is 0 Å². The van der Waals surface area contributed by atoms with E-state index in [9.17, 15) is 14.9 Å². The summed E-state index contributed by atoms with van der Waals surface area (Å²) in [5.74, 6) is 0.367. The van der Waals surface area contributed by atoms with E-state index < -0.39 is 10.9 Å². The molecule has 0 N–H and O–H groups in total. The summed E-state index contributed by atoms with van der Waals surface area (Å²) < 4.78 is 16.5. The SMILES string of the molecule is COc1cc(C=C[N+](=O)[O-])cc(Br)c1OC(=O)COc1ccc(C(C)(C)C)cc1. The average Bonchev–Trinajstić information content (AvgIpc) is 2.66. The topological polar surface area (TPSA) is 87.9 Å². The van der Waals surface area contributed by atoms with Crippen molar-refractivity contribution < 1.29 is 23.9 Å². The van der Waals surface area contributed by atoms with Gasteiger partial charge in [-0.2, -0.15) is 0 Å². The lowest BCUT2D eigenvalue weighted by Crippen LogP contribution is -2.18. The van der Waals surface area contributed by atoms with Crippen molar-refractivity contribution in [3.05, 3.63) is 68.3 Å². The second-order valence-corrected chi connectivity index (χ2v) is 8.03. The first-order valence-corrected chi connectivity index (χ1v) is 9.52. The first kappa shape index (κ1) is 22.4. The summed E-state index contributed by atoms with van der Waals surface area (Å²) in [7, 11) is 1.41. The molecule has 2 aromatic carbocycles. The van der Waals surface area contributed by atoms with Crippen LogP contribution in [0, 0.1) is 10.1 Å². The fraction of sp³-hybridized carbons (Fsp3) is 0.286. The van der Waals surface area contributed by atoms with Crippen LogP contribution in [0.2, 0.25) is 0 Å². The number of methoxy groups -OCH3 is 1. The fourth-order valence-corrected chi connectivity index (χ4v) is 2.96. The van der Waals surface area contributed by atoms with Crippen molar-refractivity contribution in [2.24, 2.45) is 0 Å². The van der Waals surface area contributed by atoms with E-state index in [0.717, 1.165) is 11.8 Å². The highest BCUT2D eigenvalue weighted by Crippen LogP contribution is 2.37. The summed E-state index contributed by atoms with van der Waals surface area (Å²) in [6.45, 7) is 6.06. The predicted octanol–water partition coefficient (Wildman–Crippen LogP) is 4.99. The number of hydrogen-bond acceptors (Lipinski definition) is 6. The Labute approximate surface area is 177 Å². The molecule has 8 heteroatoms. The highest BCUT2D eigenvalue weighted by Gasteiger charge is 2.17. The van der Waals surface area contributed by atoms with Gasteiger partial charge in [-0.25, -0.2) is 4.79 Å². The number of benzene rings is 2. The third-order valence-electron chi connectivity index (χ3n) is 3.93. The molecule has 0 bridgehead atoms. The molecule has 0 aliphatic carbocycles. The Balaban J connectivity index is 2.05. The van der Waals surface area contributed by atoms with Gasteiger partial charge < -0.3 is 14.2 Å². The second kappa shape index (κ2) is 9.56. The molecular formula is C21H22BrNO6. The van der Waals surface area contributed by atoms with Gasteiger partial charge in [0.15, 0.2) is 18.1 Å². The van der Waals surface area contributed by atoms with Crippen molar-refractivity contribution >= 4 is 28.0 Å². The number of carbonyl (C=O) groups is 1. The summed E-state index contributed by atoms with van der Waals surface area (Å²) in [5.41, 5.74) is 1.70. The number of hydrogen-bond donors (Lipinski definition) is 0. The Morgan fingerprint density at radius 1 is 1.21 bits per heavy atom. The van der Waals surface area contributed by atoms with E-state index >= 15 is 0 Å². The summed E-state index contributed by atoms with van der Waals surface area (Å²) >= 11 is 3.30. The van der Waals surface area contributed by atoms with E-state index in [1.54, 1.807) is 18.2 Å². The molecule has 7 nitrogen and oxygen atoms in total. The molecule has 29 heavy (non-hydrogen) atoms. The van der Waals surface area contributed by atoms with Gasteiger partial charge in [-0.1, -0.05) is 32.9 Å². The maximum atomic E-state index is 12.2. The normalized spacial score (nSPS) is 11.3. The number of nitro groups is 1. The molecule has 0 amide bonds. The van der Waals surface area contributed by atoms with Crippen molar-refractivity contribution in [3.8, 4) is 17.2 Å². The van der Waals surface area contributed by atoms with Crippen molar-refractivity contribution in [3.63, 3.8) is 0 Å². The van der Waals surface area contributed by atoms with E-state index in [1.807, 2.05) is 12.1 Å². The molecule has 2 rings (SSSR count). The van der Waals surface area contributed by atoms with Crippen LogP contribution in [-0.2, 0) is 10.2 Å². The van der Waals surface area contributed by atoms with Gasteiger partial charge in [0.1, 0.15) is 5.75 Å². The van der Waals surface area contributed by atoms with Gasteiger partial charge in [0.25, 0.3) is 0 Å². The van der Waals surface area contributed by atoms with Crippen molar-refractivity contribution in [1.29, 1.82) is 0 Å². The minimum absolute atomic E-state index is 0.0291. The zero-order valence-electron chi connectivity index (χ0n) is 16.6. The van der Waals surface area contributed by atoms with Gasteiger partial charge >= 0.3 is 5.97 Å². The summed E-state index contributed by atoms with van der Waals surface area (Å²) in [6, 6.07) is 10.6. The molecule has 0 aliphatic heterocycles. The zero-order valence-corrected chi connectivity index (χ0v) is 18.2. The number of rotatable bonds is 7. The van der Waals surface area contributed by atoms with Gasteiger partial charge in [0, 0.05) is 6.08 Å². The highest BCUT2D eigenvalue weighted by atomic mass is 79.9.